The molecular weight excluding hydrogens is 375 g/mol. The van der Waals surface area contributed by atoms with Crippen LogP contribution in [0.25, 0.3) is 0 Å². The van der Waals surface area contributed by atoms with Crippen LogP contribution in [0.2, 0.25) is 0 Å². The number of rotatable bonds is 8. The third-order valence-corrected chi connectivity index (χ3v) is 4.42. The minimum atomic E-state index is -0.841. The van der Waals surface area contributed by atoms with Crippen molar-refractivity contribution in [2.75, 3.05) is 11.9 Å². The smallest absolute Gasteiger partial charge is 0.320 e. The molecule has 8 nitrogen and oxygen atoms in total. The first-order valence-corrected chi connectivity index (χ1v) is 8.99. The number of amides is 3. The van der Waals surface area contributed by atoms with E-state index >= 15 is 0 Å². The molecule has 2 aromatic rings. The van der Waals surface area contributed by atoms with Gasteiger partial charge in [0.25, 0.3) is 5.91 Å². The van der Waals surface area contributed by atoms with Crippen LogP contribution in [0.15, 0.2) is 18.2 Å². The van der Waals surface area contributed by atoms with Gasteiger partial charge in [0.2, 0.25) is 5.88 Å². The molecule has 0 aliphatic heterocycles. The number of aryl methyl sites for hydroxylation is 1. The van der Waals surface area contributed by atoms with Gasteiger partial charge in [-0.15, -0.1) is 0 Å². The highest BCUT2D eigenvalue weighted by atomic mass is 32.1. The van der Waals surface area contributed by atoms with E-state index < -0.39 is 23.9 Å². The highest BCUT2D eigenvalue weighted by molar-refractivity contribution is 7.11. The third kappa shape index (κ3) is 5.63. The van der Waals surface area contributed by atoms with Crippen molar-refractivity contribution in [2.24, 2.45) is 5.73 Å². The van der Waals surface area contributed by atoms with Crippen molar-refractivity contribution in [1.29, 1.82) is 0 Å². The number of ether oxygens (including phenoxy) is 1. The Hall–Kier alpha value is -2.72. The molecule has 0 saturated heterocycles. The second-order valence-corrected chi connectivity index (χ2v) is 6.61. The summed E-state index contributed by atoms with van der Waals surface area (Å²) in [6.45, 7) is 3.45. The summed E-state index contributed by atoms with van der Waals surface area (Å²) in [4.78, 5) is 23.6. The van der Waals surface area contributed by atoms with E-state index in [0.29, 0.717) is 12.0 Å². The second kappa shape index (κ2) is 9.28. The van der Waals surface area contributed by atoms with Gasteiger partial charge in [0.05, 0.1) is 6.10 Å². The van der Waals surface area contributed by atoms with E-state index in [1.165, 1.54) is 6.07 Å². The molecule has 0 aliphatic rings. The number of halogens is 1. The predicted molar refractivity (Wildman–Crippen MR) is 99.4 cm³/mol. The fourth-order valence-corrected chi connectivity index (χ4v) is 2.83. The number of aromatic nitrogens is 1. The number of hydrogen-bond donors (Lipinski definition) is 4. The van der Waals surface area contributed by atoms with E-state index in [-0.39, 0.29) is 29.6 Å². The van der Waals surface area contributed by atoms with Crippen LogP contribution < -0.4 is 21.1 Å². The Labute approximate surface area is 159 Å². The fraction of sp³-hybridized carbons (Fsp3) is 0.353. The molecule has 146 valence electrons. The maximum absolute atomic E-state index is 13.9. The van der Waals surface area contributed by atoms with Crippen molar-refractivity contribution in [1.82, 2.24) is 9.69 Å². The van der Waals surface area contributed by atoms with Crippen LogP contribution in [-0.2, 0) is 6.61 Å². The van der Waals surface area contributed by atoms with Crippen molar-refractivity contribution < 1.29 is 23.8 Å². The summed E-state index contributed by atoms with van der Waals surface area (Å²) in [6, 6.07) is 4.06. The minimum absolute atomic E-state index is 0.0586. The molecule has 3 amide bonds. The summed E-state index contributed by atoms with van der Waals surface area (Å²) < 4.78 is 23.3. The lowest BCUT2D eigenvalue weighted by Crippen LogP contribution is -2.35. The monoisotopic (exact) mass is 396 g/mol. The number of benzene rings is 1. The predicted octanol–water partition coefficient (Wildman–Crippen LogP) is 2.16. The number of urea groups is 1. The summed E-state index contributed by atoms with van der Waals surface area (Å²) >= 11 is 0.811. The van der Waals surface area contributed by atoms with E-state index in [9.17, 15) is 19.1 Å². The molecule has 0 bridgehead atoms. The number of nitrogens with two attached hydrogens (primary N) is 1. The van der Waals surface area contributed by atoms with Gasteiger partial charge in [0.15, 0.2) is 0 Å². The third-order valence-electron chi connectivity index (χ3n) is 3.68. The number of carbonyl (C=O) groups excluding carboxylic acids is 2. The van der Waals surface area contributed by atoms with Crippen LogP contribution in [0.4, 0.5) is 14.2 Å². The van der Waals surface area contributed by atoms with Crippen molar-refractivity contribution in [3.05, 3.63) is 40.7 Å². The zero-order valence-electron chi connectivity index (χ0n) is 14.9. The molecule has 1 aromatic carbocycles. The Kier molecular flexibility index (Phi) is 7.08. The van der Waals surface area contributed by atoms with E-state index in [0.717, 1.165) is 17.1 Å². The van der Waals surface area contributed by atoms with Crippen molar-refractivity contribution in [3.63, 3.8) is 0 Å². The van der Waals surface area contributed by atoms with Gasteiger partial charge in [-0.05, 0) is 36.5 Å². The summed E-state index contributed by atoms with van der Waals surface area (Å²) in [6.07, 6.45) is -0.183. The molecule has 0 radical (unpaired) electrons. The largest absolute Gasteiger partial charge is 0.471 e. The Bertz CT molecular complexity index is 827. The molecule has 27 heavy (non-hydrogen) atoms. The maximum atomic E-state index is 13.9. The zero-order chi connectivity index (χ0) is 20.0. The van der Waals surface area contributed by atoms with Crippen molar-refractivity contribution in [2.45, 2.75) is 33.0 Å². The van der Waals surface area contributed by atoms with Crippen LogP contribution in [0.5, 0.6) is 5.88 Å². The first-order chi connectivity index (χ1) is 12.8. The van der Waals surface area contributed by atoms with E-state index in [2.05, 4.69) is 15.0 Å². The molecule has 0 fully saturated rings. The number of nitrogens with zero attached hydrogens (tertiary/aromatic N) is 1. The molecule has 1 aromatic heterocycles. The zero-order valence-corrected chi connectivity index (χ0v) is 15.7. The summed E-state index contributed by atoms with van der Waals surface area (Å²) in [5, 5.41) is 14.5. The number of carbonyl (C=O) groups is 2. The SMILES string of the molecule is CCC(O)CNC(=O)Nc1snc(OCc2ccc(C)cc2F)c1C(N)=O. The van der Waals surface area contributed by atoms with Crippen molar-refractivity contribution >= 4 is 28.5 Å². The lowest BCUT2D eigenvalue weighted by Gasteiger charge is -2.10. The molecule has 0 saturated carbocycles. The number of anilines is 1. The molecule has 2 rings (SSSR count). The quantitative estimate of drug-likeness (QED) is 0.544. The molecule has 1 heterocycles. The fourth-order valence-electron chi connectivity index (χ4n) is 2.09. The number of nitrogens with one attached hydrogen (secondary N) is 2. The number of hydrogen-bond acceptors (Lipinski definition) is 6. The maximum Gasteiger partial charge on any atom is 0.320 e. The average molecular weight is 396 g/mol. The van der Waals surface area contributed by atoms with Gasteiger partial charge in [-0.25, -0.2) is 9.18 Å². The standard InChI is InChI=1S/C17H21FN4O4S/c1-3-11(23)7-20-17(25)21-16-13(14(19)24)15(22-27-16)26-8-10-5-4-9(2)6-12(10)18/h4-6,11,23H,3,7-8H2,1-2H3,(H2,19,24)(H2,20,21,25). The van der Waals surface area contributed by atoms with E-state index in [1.807, 2.05) is 0 Å². The van der Waals surface area contributed by atoms with E-state index in [4.69, 9.17) is 10.5 Å². The molecule has 5 N–H and O–H groups in total. The van der Waals surface area contributed by atoms with Gasteiger partial charge in [-0.2, -0.15) is 4.37 Å². The van der Waals surface area contributed by atoms with Crippen LogP contribution in [-0.4, -0.2) is 34.1 Å². The Morgan fingerprint density at radius 2 is 2.19 bits per heavy atom. The van der Waals surface area contributed by atoms with Gasteiger partial charge in [0, 0.05) is 12.1 Å². The molecule has 1 atom stereocenters. The normalized spacial score (nSPS) is 11.7. The second-order valence-electron chi connectivity index (χ2n) is 5.84. The molecule has 0 spiro atoms. The lowest BCUT2D eigenvalue weighted by atomic mass is 10.1. The highest BCUT2D eigenvalue weighted by Crippen LogP contribution is 2.30. The minimum Gasteiger partial charge on any atom is -0.471 e. The average Bonchev–Trinajstić information content (AvgIpc) is 3.01. The lowest BCUT2D eigenvalue weighted by molar-refractivity contribution is 0.0996. The topological polar surface area (TPSA) is 127 Å². The van der Waals surface area contributed by atoms with Gasteiger partial charge in [0.1, 0.15) is 23.0 Å². The Balaban J connectivity index is 2.07. The van der Waals surface area contributed by atoms with Gasteiger partial charge in [-0.3, -0.25) is 10.1 Å². The summed E-state index contributed by atoms with van der Waals surface area (Å²) in [7, 11) is 0. The first kappa shape index (κ1) is 20.6. The van der Waals surface area contributed by atoms with Crippen LogP contribution in [0, 0.1) is 12.7 Å². The number of aliphatic hydroxyl groups excluding tert-OH is 1. The van der Waals surface area contributed by atoms with Gasteiger partial charge < -0.3 is 20.9 Å². The Morgan fingerprint density at radius 1 is 1.44 bits per heavy atom. The van der Waals surface area contributed by atoms with Crippen LogP contribution in [0.1, 0.15) is 34.8 Å². The number of aliphatic hydroxyl groups is 1. The summed E-state index contributed by atoms with van der Waals surface area (Å²) in [5.41, 5.74) is 6.33. The number of primary amides is 1. The summed E-state index contributed by atoms with van der Waals surface area (Å²) in [5.74, 6) is -1.36. The van der Waals surface area contributed by atoms with Gasteiger partial charge in [-0.1, -0.05) is 19.1 Å². The Morgan fingerprint density at radius 3 is 2.81 bits per heavy atom. The molecule has 1 unspecified atom stereocenters. The highest BCUT2D eigenvalue weighted by Gasteiger charge is 2.22. The van der Waals surface area contributed by atoms with Crippen LogP contribution in [0.3, 0.4) is 0 Å². The van der Waals surface area contributed by atoms with Crippen molar-refractivity contribution in [3.8, 4) is 5.88 Å². The molecule has 0 aliphatic carbocycles. The molecular formula is C17H21FN4O4S. The van der Waals surface area contributed by atoms with E-state index in [1.54, 1.807) is 26.0 Å². The first-order valence-electron chi connectivity index (χ1n) is 8.22. The van der Waals surface area contributed by atoms with Crippen LogP contribution >= 0.6 is 11.5 Å². The van der Waals surface area contributed by atoms with Gasteiger partial charge >= 0.3 is 6.03 Å². The molecule has 10 heteroatoms.